The van der Waals surface area contributed by atoms with E-state index in [4.69, 9.17) is 4.74 Å². The van der Waals surface area contributed by atoms with Gasteiger partial charge >= 0.3 is 0 Å². The van der Waals surface area contributed by atoms with Crippen molar-refractivity contribution in [3.05, 3.63) is 0 Å². The summed E-state index contributed by atoms with van der Waals surface area (Å²) in [5.74, 6) is 0.440. The minimum absolute atomic E-state index is 0.103. The van der Waals surface area contributed by atoms with Gasteiger partial charge in [0.05, 0.1) is 11.5 Å². The summed E-state index contributed by atoms with van der Waals surface area (Å²) in [6.45, 7) is 8.74. The van der Waals surface area contributed by atoms with E-state index in [1.165, 1.54) is 0 Å². The van der Waals surface area contributed by atoms with Gasteiger partial charge in [-0.15, -0.1) is 0 Å². The Labute approximate surface area is 74.3 Å². The molecule has 0 aromatic rings. The van der Waals surface area contributed by atoms with Crippen molar-refractivity contribution in [3.8, 4) is 0 Å². The molecule has 70 valence electrons. The summed E-state index contributed by atoms with van der Waals surface area (Å²) in [5, 5.41) is 0. The molecule has 0 amide bonds. The van der Waals surface area contributed by atoms with Crippen LogP contribution in [0.1, 0.15) is 34.1 Å². The molecule has 1 aliphatic carbocycles. The predicted molar refractivity (Wildman–Crippen MR) is 48.0 cm³/mol. The molecule has 1 rings (SSSR count). The van der Waals surface area contributed by atoms with Gasteiger partial charge in [-0.1, -0.05) is 27.7 Å². The number of rotatable bonds is 3. The van der Waals surface area contributed by atoms with E-state index in [1.54, 1.807) is 0 Å². The van der Waals surface area contributed by atoms with Gasteiger partial charge in [-0.2, -0.15) is 0 Å². The molecule has 0 spiro atoms. The number of carbonyl (C=O) groups is 1. The summed E-state index contributed by atoms with van der Waals surface area (Å²) in [4.78, 5) is 11.4. The first kappa shape index (κ1) is 9.72. The van der Waals surface area contributed by atoms with Crippen LogP contribution in [0.15, 0.2) is 0 Å². The molecule has 0 aromatic carbocycles. The molecule has 0 bridgehead atoms. The number of carbonyl (C=O) groups excluding carboxylic acids is 1. The highest BCUT2D eigenvalue weighted by Gasteiger charge is 2.54. The number of Topliss-reactive ketones (excluding diaryl/α,β-unsaturated/α-hetero) is 1. The first-order valence-corrected chi connectivity index (χ1v) is 4.67. The van der Waals surface area contributed by atoms with Crippen LogP contribution in [0, 0.1) is 11.3 Å². The van der Waals surface area contributed by atoms with Crippen LogP contribution in [0.4, 0.5) is 0 Å². The molecule has 2 atom stereocenters. The molecular weight excluding hydrogens is 152 g/mol. The second-order valence-corrected chi connectivity index (χ2v) is 4.17. The average Bonchev–Trinajstić information content (AvgIpc) is 2.03. The highest BCUT2D eigenvalue weighted by Crippen LogP contribution is 2.43. The van der Waals surface area contributed by atoms with Gasteiger partial charge in [-0.05, 0) is 6.42 Å². The molecule has 2 heteroatoms. The summed E-state index contributed by atoms with van der Waals surface area (Å²) in [7, 11) is 0. The summed E-state index contributed by atoms with van der Waals surface area (Å²) in [6, 6.07) is 0. The molecule has 1 aliphatic rings. The summed E-state index contributed by atoms with van der Waals surface area (Å²) in [5.41, 5.74) is -0.241. The zero-order chi connectivity index (χ0) is 9.35. The van der Waals surface area contributed by atoms with Crippen LogP contribution in [-0.2, 0) is 9.53 Å². The van der Waals surface area contributed by atoms with E-state index in [1.807, 2.05) is 20.8 Å². The highest BCUT2D eigenvalue weighted by molar-refractivity contribution is 5.93. The van der Waals surface area contributed by atoms with Gasteiger partial charge in [0.1, 0.15) is 5.78 Å². The lowest BCUT2D eigenvalue weighted by Crippen LogP contribution is -2.58. The van der Waals surface area contributed by atoms with Crippen molar-refractivity contribution >= 4 is 5.78 Å². The maximum Gasteiger partial charge on any atom is 0.146 e. The fourth-order valence-electron chi connectivity index (χ4n) is 1.99. The molecule has 12 heavy (non-hydrogen) atoms. The molecule has 1 saturated carbocycles. The lowest BCUT2D eigenvalue weighted by atomic mass is 9.61. The first-order valence-electron chi connectivity index (χ1n) is 4.67. The third kappa shape index (κ3) is 1.28. The highest BCUT2D eigenvalue weighted by atomic mass is 16.5. The van der Waals surface area contributed by atoms with Crippen molar-refractivity contribution in [2.75, 3.05) is 6.61 Å². The SMILES string of the molecule is CCCO[C@@H]1[C@H](C)C(=O)C1(C)C. The van der Waals surface area contributed by atoms with Crippen molar-refractivity contribution < 1.29 is 9.53 Å². The van der Waals surface area contributed by atoms with Crippen molar-refractivity contribution in [1.82, 2.24) is 0 Å². The van der Waals surface area contributed by atoms with Crippen LogP contribution in [0.3, 0.4) is 0 Å². The average molecular weight is 170 g/mol. The van der Waals surface area contributed by atoms with Gasteiger partial charge < -0.3 is 4.74 Å². The van der Waals surface area contributed by atoms with E-state index >= 15 is 0 Å². The molecule has 0 N–H and O–H groups in total. The Morgan fingerprint density at radius 1 is 1.50 bits per heavy atom. The van der Waals surface area contributed by atoms with E-state index in [0.717, 1.165) is 13.0 Å². The Morgan fingerprint density at radius 2 is 2.08 bits per heavy atom. The largest absolute Gasteiger partial charge is 0.376 e. The second kappa shape index (κ2) is 3.17. The first-order chi connectivity index (χ1) is 5.51. The molecule has 0 heterocycles. The molecule has 0 aliphatic heterocycles. The van der Waals surface area contributed by atoms with E-state index in [-0.39, 0.29) is 17.4 Å². The molecule has 0 radical (unpaired) electrons. The number of hydrogen-bond acceptors (Lipinski definition) is 2. The monoisotopic (exact) mass is 170 g/mol. The number of ether oxygens (including phenoxy) is 1. The van der Waals surface area contributed by atoms with E-state index in [2.05, 4.69) is 6.92 Å². The van der Waals surface area contributed by atoms with E-state index < -0.39 is 0 Å². The van der Waals surface area contributed by atoms with Gasteiger partial charge in [-0.3, -0.25) is 4.79 Å². The standard InChI is InChI=1S/C10H18O2/c1-5-6-12-9-7(2)8(11)10(9,3)4/h7,9H,5-6H2,1-4H3/t7-,9-/m1/s1. The maximum atomic E-state index is 11.4. The third-order valence-corrected chi connectivity index (χ3v) is 2.72. The molecule has 0 saturated heterocycles. The molecule has 2 nitrogen and oxygen atoms in total. The van der Waals surface area contributed by atoms with Gasteiger partial charge in [0.2, 0.25) is 0 Å². The topological polar surface area (TPSA) is 26.3 Å². The Morgan fingerprint density at radius 3 is 2.50 bits per heavy atom. The smallest absolute Gasteiger partial charge is 0.146 e. The molecule has 0 aromatic heterocycles. The Hall–Kier alpha value is -0.370. The molecule has 1 fully saturated rings. The zero-order valence-corrected chi connectivity index (χ0v) is 8.39. The lowest BCUT2D eigenvalue weighted by molar-refractivity contribution is -0.172. The number of ketones is 1. The lowest BCUT2D eigenvalue weighted by Gasteiger charge is -2.47. The van der Waals surface area contributed by atoms with Crippen LogP contribution >= 0.6 is 0 Å². The van der Waals surface area contributed by atoms with Crippen LogP contribution in [-0.4, -0.2) is 18.5 Å². The van der Waals surface area contributed by atoms with E-state index in [9.17, 15) is 4.79 Å². The van der Waals surface area contributed by atoms with Crippen molar-refractivity contribution in [1.29, 1.82) is 0 Å². The van der Waals surface area contributed by atoms with Crippen LogP contribution in [0.5, 0.6) is 0 Å². The quantitative estimate of drug-likeness (QED) is 0.647. The third-order valence-electron chi connectivity index (χ3n) is 2.72. The van der Waals surface area contributed by atoms with Crippen LogP contribution in [0.2, 0.25) is 0 Å². The second-order valence-electron chi connectivity index (χ2n) is 4.17. The van der Waals surface area contributed by atoms with Gasteiger partial charge in [0.25, 0.3) is 0 Å². The molecule has 0 unspecified atom stereocenters. The van der Waals surface area contributed by atoms with Crippen molar-refractivity contribution in [3.63, 3.8) is 0 Å². The van der Waals surface area contributed by atoms with Crippen LogP contribution in [0.25, 0.3) is 0 Å². The summed E-state index contributed by atoms with van der Waals surface area (Å²) in [6.07, 6.45) is 1.16. The Bertz CT molecular complexity index is 184. The van der Waals surface area contributed by atoms with Gasteiger partial charge in [0, 0.05) is 12.5 Å². The zero-order valence-electron chi connectivity index (χ0n) is 8.39. The van der Waals surface area contributed by atoms with Crippen molar-refractivity contribution in [2.24, 2.45) is 11.3 Å². The normalized spacial score (nSPS) is 33.2. The minimum Gasteiger partial charge on any atom is -0.376 e. The van der Waals surface area contributed by atoms with Crippen molar-refractivity contribution in [2.45, 2.75) is 40.2 Å². The predicted octanol–water partition coefficient (Wildman–Crippen LogP) is 2.03. The van der Waals surface area contributed by atoms with E-state index in [0.29, 0.717) is 5.78 Å². The van der Waals surface area contributed by atoms with Crippen LogP contribution < -0.4 is 0 Å². The van der Waals surface area contributed by atoms with Gasteiger partial charge in [-0.25, -0.2) is 0 Å². The summed E-state index contributed by atoms with van der Waals surface area (Å²) < 4.78 is 5.60. The minimum atomic E-state index is -0.241. The Balaban J connectivity index is 2.49. The number of hydrogen-bond donors (Lipinski definition) is 0. The Kier molecular flexibility index (Phi) is 2.57. The molecular formula is C10H18O2. The fraction of sp³-hybridized carbons (Fsp3) is 0.900. The van der Waals surface area contributed by atoms with Gasteiger partial charge in [0.15, 0.2) is 0 Å². The maximum absolute atomic E-state index is 11.4. The fourth-order valence-corrected chi connectivity index (χ4v) is 1.99. The summed E-state index contributed by atoms with van der Waals surface area (Å²) >= 11 is 0.